The van der Waals surface area contributed by atoms with Gasteiger partial charge in [0.2, 0.25) is 4.80 Å². The van der Waals surface area contributed by atoms with Crippen LogP contribution in [0.15, 0.2) is 53.5 Å². The average Bonchev–Trinajstić information content (AvgIpc) is 2.91. The van der Waals surface area contributed by atoms with Gasteiger partial charge in [-0.15, -0.1) is 0 Å². The smallest absolute Gasteiger partial charge is 0.208 e. The van der Waals surface area contributed by atoms with Crippen molar-refractivity contribution in [2.45, 2.75) is 6.42 Å². The summed E-state index contributed by atoms with van der Waals surface area (Å²) in [6.45, 7) is 0.109. The highest BCUT2D eigenvalue weighted by Gasteiger charge is 2.06. The zero-order valence-electron chi connectivity index (χ0n) is 12.6. The molecule has 0 aliphatic heterocycles. The van der Waals surface area contributed by atoms with E-state index in [1.165, 1.54) is 11.3 Å². The van der Waals surface area contributed by atoms with Crippen LogP contribution in [-0.4, -0.2) is 21.5 Å². The van der Waals surface area contributed by atoms with E-state index in [9.17, 15) is 5.11 Å². The molecule has 23 heavy (non-hydrogen) atoms. The molecule has 0 aliphatic carbocycles. The van der Waals surface area contributed by atoms with E-state index in [0.717, 1.165) is 26.6 Å². The van der Waals surface area contributed by atoms with Gasteiger partial charge in [0.05, 0.1) is 5.69 Å². The molecule has 0 amide bonds. The lowest BCUT2D eigenvalue weighted by Gasteiger charge is -2.02. The van der Waals surface area contributed by atoms with Crippen molar-refractivity contribution in [3.8, 4) is 10.6 Å². The first-order valence-electron chi connectivity index (χ1n) is 7.21. The number of hydrogen-bond donors (Lipinski definition) is 1. The number of aliphatic hydroxyl groups is 1. The molecular formula is C17H16ClN3OS. The molecule has 1 heterocycles. The van der Waals surface area contributed by atoms with E-state index in [-0.39, 0.29) is 6.61 Å². The second kappa shape index (κ2) is 7.08. The van der Waals surface area contributed by atoms with Gasteiger partial charge < -0.3 is 5.11 Å². The van der Waals surface area contributed by atoms with Crippen LogP contribution in [0.2, 0.25) is 5.02 Å². The van der Waals surface area contributed by atoms with E-state index in [0.29, 0.717) is 11.4 Å². The first kappa shape index (κ1) is 15.9. The summed E-state index contributed by atoms with van der Waals surface area (Å²) in [5.41, 5.74) is 2.90. The van der Waals surface area contributed by atoms with Crippen molar-refractivity contribution in [3.05, 3.63) is 63.9 Å². The van der Waals surface area contributed by atoms with E-state index >= 15 is 0 Å². The molecule has 0 saturated carbocycles. The molecule has 0 spiro atoms. The molecule has 1 aromatic heterocycles. The Morgan fingerprint density at radius 3 is 2.65 bits per heavy atom. The van der Waals surface area contributed by atoms with Gasteiger partial charge in [0.1, 0.15) is 5.01 Å². The number of nitrogens with zero attached hydrogens (tertiary/aromatic N) is 3. The molecule has 6 heteroatoms. The second-order valence-electron chi connectivity index (χ2n) is 5.03. The van der Waals surface area contributed by atoms with Crippen LogP contribution in [0, 0.1) is 0 Å². The van der Waals surface area contributed by atoms with Crippen molar-refractivity contribution >= 4 is 28.6 Å². The topological polar surface area (TPSA) is 50.4 Å². The van der Waals surface area contributed by atoms with Crippen LogP contribution in [-0.2, 0) is 13.5 Å². The molecule has 0 radical (unpaired) electrons. The highest BCUT2D eigenvalue weighted by atomic mass is 35.5. The van der Waals surface area contributed by atoms with E-state index in [1.807, 2.05) is 55.6 Å². The maximum Gasteiger partial charge on any atom is 0.208 e. The summed E-state index contributed by atoms with van der Waals surface area (Å²) < 4.78 is 1.77. The van der Waals surface area contributed by atoms with Crippen LogP contribution in [0.1, 0.15) is 5.56 Å². The SMILES string of the molecule is Cn1nc(-c2ccc(Cl)cc2)sc1=Nc1ccccc1CCO. The average molecular weight is 346 g/mol. The normalized spacial score (nSPS) is 11.9. The lowest BCUT2D eigenvalue weighted by Crippen LogP contribution is -2.11. The fraction of sp³-hybridized carbons (Fsp3) is 0.176. The minimum atomic E-state index is 0.109. The van der Waals surface area contributed by atoms with E-state index in [2.05, 4.69) is 5.10 Å². The third-order valence-corrected chi connectivity index (χ3v) is 4.69. The molecule has 3 aromatic rings. The van der Waals surface area contributed by atoms with Gasteiger partial charge >= 0.3 is 0 Å². The minimum absolute atomic E-state index is 0.109. The maximum absolute atomic E-state index is 9.17. The van der Waals surface area contributed by atoms with Gasteiger partial charge in [-0.1, -0.05) is 53.3 Å². The molecule has 1 N–H and O–H groups in total. The van der Waals surface area contributed by atoms with E-state index in [1.54, 1.807) is 4.68 Å². The van der Waals surface area contributed by atoms with Crippen LogP contribution in [0.25, 0.3) is 10.6 Å². The van der Waals surface area contributed by atoms with E-state index in [4.69, 9.17) is 16.6 Å². The molecule has 118 valence electrons. The monoisotopic (exact) mass is 345 g/mol. The predicted molar refractivity (Wildman–Crippen MR) is 94.0 cm³/mol. The Balaban J connectivity index is 2.03. The Labute approximate surface area is 143 Å². The van der Waals surface area contributed by atoms with Crippen molar-refractivity contribution in [2.75, 3.05) is 6.61 Å². The van der Waals surface area contributed by atoms with Crippen LogP contribution in [0.3, 0.4) is 0 Å². The fourth-order valence-corrected chi connectivity index (χ4v) is 3.24. The first-order valence-corrected chi connectivity index (χ1v) is 8.40. The third-order valence-electron chi connectivity index (χ3n) is 3.39. The fourth-order valence-electron chi connectivity index (χ4n) is 2.21. The second-order valence-corrected chi connectivity index (χ2v) is 6.43. The van der Waals surface area contributed by atoms with Crippen molar-refractivity contribution in [1.82, 2.24) is 9.78 Å². The summed E-state index contributed by atoms with van der Waals surface area (Å²) in [5, 5.41) is 15.3. The van der Waals surface area contributed by atoms with E-state index < -0.39 is 0 Å². The molecule has 0 bridgehead atoms. The van der Waals surface area contributed by atoms with Gasteiger partial charge in [-0.3, -0.25) is 0 Å². The molecule has 0 saturated heterocycles. The third kappa shape index (κ3) is 3.69. The Bertz CT molecular complexity index is 868. The number of halogens is 1. The standard InChI is InChI=1S/C17H16ClN3OS/c1-21-17(19-15-5-3-2-4-12(15)10-11-22)23-16(20-21)13-6-8-14(18)9-7-13/h2-9,22H,10-11H2,1H3. The number of benzene rings is 2. The molecule has 0 atom stereocenters. The predicted octanol–water partition coefficient (Wildman–Crippen LogP) is 3.57. The minimum Gasteiger partial charge on any atom is -0.396 e. The van der Waals surface area contributed by atoms with Gasteiger partial charge in [-0.25, -0.2) is 9.67 Å². The van der Waals surface area contributed by atoms with Crippen LogP contribution < -0.4 is 4.80 Å². The van der Waals surface area contributed by atoms with Crippen molar-refractivity contribution in [1.29, 1.82) is 0 Å². The van der Waals surface area contributed by atoms with Gasteiger partial charge in [-0.05, 0) is 30.2 Å². The van der Waals surface area contributed by atoms with Crippen LogP contribution >= 0.6 is 22.9 Å². The summed E-state index contributed by atoms with van der Waals surface area (Å²) in [7, 11) is 1.88. The quantitative estimate of drug-likeness (QED) is 0.785. The molecular weight excluding hydrogens is 330 g/mol. The first-order chi connectivity index (χ1) is 11.2. The van der Waals surface area contributed by atoms with Gasteiger partial charge in [-0.2, -0.15) is 5.10 Å². The summed E-state index contributed by atoms with van der Waals surface area (Å²) in [6.07, 6.45) is 0.590. The molecule has 0 aliphatic rings. The number of aryl methyl sites for hydroxylation is 1. The largest absolute Gasteiger partial charge is 0.396 e. The molecule has 0 fully saturated rings. The summed E-state index contributed by atoms with van der Waals surface area (Å²) in [6, 6.07) is 15.4. The molecule has 4 nitrogen and oxygen atoms in total. The van der Waals surface area contributed by atoms with Crippen LogP contribution in [0.4, 0.5) is 5.69 Å². The number of hydrogen-bond acceptors (Lipinski definition) is 4. The van der Waals surface area contributed by atoms with Gasteiger partial charge in [0, 0.05) is 24.2 Å². The zero-order valence-corrected chi connectivity index (χ0v) is 14.2. The number of rotatable bonds is 4. The lowest BCUT2D eigenvalue weighted by molar-refractivity contribution is 0.300. The number of para-hydroxylation sites is 1. The highest BCUT2D eigenvalue weighted by molar-refractivity contribution is 7.12. The number of aromatic nitrogens is 2. The molecule has 2 aromatic carbocycles. The van der Waals surface area contributed by atoms with Crippen molar-refractivity contribution in [3.63, 3.8) is 0 Å². The Hall–Kier alpha value is -1.95. The van der Waals surface area contributed by atoms with Crippen molar-refractivity contribution in [2.24, 2.45) is 12.0 Å². The van der Waals surface area contributed by atoms with Gasteiger partial charge in [0.15, 0.2) is 0 Å². The maximum atomic E-state index is 9.17. The Kier molecular flexibility index (Phi) is 4.91. The molecule has 3 rings (SSSR count). The summed E-state index contributed by atoms with van der Waals surface area (Å²) in [5.74, 6) is 0. The highest BCUT2D eigenvalue weighted by Crippen LogP contribution is 2.23. The Morgan fingerprint density at radius 2 is 1.91 bits per heavy atom. The molecule has 0 unspecified atom stereocenters. The van der Waals surface area contributed by atoms with Crippen LogP contribution in [0.5, 0.6) is 0 Å². The van der Waals surface area contributed by atoms with Crippen molar-refractivity contribution < 1.29 is 5.11 Å². The zero-order chi connectivity index (χ0) is 16.2. The number of aliphatic hydroxyl groups excluding tert-OH is 1. The summed E-state index contributed by atoms with van der Waals surface area (Å²) >= 11 is 7.45. The van der Waals surface area contributed by atoms with Gasteiger partial charge in [0.25, 0.3) is 0 Å². The lowest BCUT2D eigenvalue weighted by atomic mass is 10.1. The summed E-state index contributed by atoms with van der Waals surface area (Å²) in [4.78, 5) is 5.51. The Morgan fingerprint density at radius 1 is 1.17 bits per heavy atom.